The number of nitrogens with one attached hydrogen (secondary N) is 1. The van der Waals surface area contributed by atoms with E-state index in [4.69, 9.17) is 4.74 Å². The van der Waals surface area contributed by atoms with Crippen LogP contribution in [0.25, 0.3) is 0 Å². The zero-order chi connectivity index (χ0) is 13.0. The molecule has 1 aliphatic heterocycles. The zero-order valence-corrected chi connectivity index (χ0v) is 10.4. The number of amides is 1. The first-order chi connectivity index (χ1) is 8.70. The second-order valence-corrected chi connectivity index (χ2v) is 4.45. The number of pyridine rings is 1. The van der Waals surface area contributed by atoms with Gasteiger partial charge in [0, 0.05) is 25.3 Å². The highest BCUT2D eigenvalue weighted by molar-refractivity contribution is 5.93. The number of hydrogen-bond acceptors (Lipinski definition) is 3. The first-order valence-electron chi connectivity index (χ1n) is 6.22. The Morgan fingerprint density at radius 1 is 1.61 bits per heavy atom. The SMILES string of the molecule is CCC1OCCC1CNC(=O)c1ccc(F)nc1. The summed E-state index contributed by atoms with van der Waals surface area (Å²) in [5, 5.41) is 2.84. The van der Waals surface area contributed by atoms with E-state index in [0.29, 0.717) is 18.0 Å². The third-order valence-electron chi connectivity index (χ3n) is 3.26. The fraction of sp³-hybridized carbons (Fsp3) is 0.538. The van der Waals surface area contributed by atoms with Gasteiger partial charge in [0.2, 0.25) is 5.95 Å². The van der Waals surface area contributed by atoms with Gasteiger partial charge in [0.25, 0.3) is 5.91 Å². The lowest BCUT2D eigenvalue weighted by molar-refractivity contribution is 0.0826. The summed E-state index contributed by atoms with van der Waals surface area (Å²) >= 11 is 0. The maximum Gasteiger partial charge on any atom is 0.252 e. The van der Waals surface area contributed by atoms with Gasteiger partial charge < -0.3 is 10.1 Å². The number of carbonyl (C=O) groups excluding carboxylic acids is 1. The molecule has 1 aromatic heterocycles. The van der Waals surface area contributed by atoms with Crippen molar-refractivity contribution >= 4 is 5.91 Å². The maximum absolute atomic E-state index is 12.6. The van der Waals surface area contributed by atoms with Crippen molar-refractivity contribution in [1.82, 2.24) is 10.3 Å². The Kier molecular flexibility index (Phi) is 4.25. The quantitative estimate of drug-likeness (QED) is 0.831. The molecule has 2 heterocycles. The Balaban J connectivity index is 1.86. The van der Waals surface area contributed by atoms with Gasteiger partial charge in [0.15, 0.2) is 0 Å². The molecule has 0 aliphatic carbocycles. The van der Waals surface area contributed by atoms with Gasteiger partial charge in [-0.3, -0.25) is 4.79 Å². The Labute approximate surface area is 106 Å². The number of halogens is 1. The minimum absolute atomic E-state index is 0.218. The van der Waals surface area contributed by atoms with Gasteiger partial charge in [-0.25, -0.2) is 4.98 Å². The second-order valence-electron chi connectivity index (χ2n) is 4.45. The van der Waals surface area contributed by atoms with Gasteiger partial charge in [0.1, 0.15) is 0 Å². The molecular weight excluding hydrogens is 235 g/mol. The molecule has 0 saturated carbocycles. The Hall–Kier alpha value is -1.49. The number of carbonyl (C=O) groups is 1. The average Bonchev–Trinajstić information content (AvgIpc) is 2.84. The lowest BCUT2D eigenvalue weighted by Crippen LogP contribution is -2.32. The normalized spacial score (nSPS) is 23.0. The van der Waals surface area contributed by atoms with Crippen LogP contribution in [0, 0.1) is 11.9 Å². The third-order valence-corrected chi connectivity index (χ3v) is 3.26. The maximum atomic E-state index is 12.6. The molecule has 1 aliphatic rings. The van der Waals surface area contributed by atoms with Gasteiger partial charge in [-0.05, 0) is 25.0 Å². The van der Waals surface area contributed by atoms with Crippen LogP contribution in [0.5, 0.6) is 0 Å². The summed E-state index contributed by atoms with van der Waals surface area (Å²) in [6.45, 7) is 3.43. The predicted molar refractivity (Wildman–Crippen MR) is 64.7 cm³/mol. The van der Waals surface area contributed by atoms with Crippen LogP contribution >= 0.6 is 0 Å². The summed E-state index contributed by atoms with van der Waals surface area (Å²) in [7, 11) is 0. The number of ether oxygens (including phenoxy) is 1. The van der Waals surface area contributed by atoms with Crippen molar-refractivity contribution in [1.29, 1.82) is 0 Å². The van der Waals surface area contributed by atoms with Crippen LogP contribution in [0.4, 0.5) is 4.39 Å². The summed E-state index contributed by atoms with van der Waals surface area (Å²) in [6, 6.07) is 2.61. The lowest BCUT2D eigenvalue weighted by atomic mass is 9.99. The lowest BCUT2D eigenvalue weighted by Gasteiger charge is -2.17. The minimum Gasteiger partial charge on any atom is -0.378 e. The van der Waals surface area contributed by atoms with Gasteiger partial charge in [0.05, 0.1) is 11.7 Å². The molecule has 5 heteroatoms. The van der Waals surface area contributed by atoms with Gasteiger partial charge >= 0.3 is 0 Å². The molecule has 0 aromatic carbocycles. The highest BCUT2D eigenvalue weighted by Crippen LogP contribution is 2.22. The van der Waals surface area contributed by atoms with Crippen molar-refractivity contribution in [3.63, 3.8) is 0 Å². The molecule has 0 spiro atoms. The van der Waals surface area contributed by atoms with Crippen molar-refractivity contribution < 1.29 is 13.9 Å². The largest absolute Gasteiger partial charge is 0.378 e. The van der Waals surface area contributed by atoms with Crippen molar-refractivity contribution in [2.45, 2.75) is 25.9 Å². The molecule has 2 unspecified atom stereocenters. The van der Waals surface area contributed by atoms with Crippen LogP contribution < -0.4 is 5.32 Å². The van der Waals surface area contributed by atoms with E-state index in [0.717, 1.165) is 19.4 Å². The van der Waals surface area contributed by atoms with E-state index in [2.05, 4.69) is 17.2 Å². The summed E-state index contributed by atoms with van der Waals surface area (Å²) in [4.78, 5) is 15.3. The molecule has 0 bridgehead atoms. The minimum atomic E-state index is -0.582. The second kappa shape index (κ2) is 5.91. The molecule has 1 aromatic rings. The van der Waals surface area contributed by atoms with E-state index in [1.54, 1.807) is 0 Å². The summed E-state index contributed by atoms with van der Waals surface area (Å²) in [5.41, 5.74) is 0.378. The number of rotatable bonds is 4. The molecule has 1 amide bonds. The molecule has 98 valence electrons. The fourth-order valence-corrected chi connectivity index (χ4v) is 2.21. The van der Waals surface area contributed by atoms with Crippen molar-refractivity contribution in [2.24, 2.45) is 5.92 Å². The van der Waals surface area contributed by atoms with Crippen molar-refractivity contribution in [3.8, 4) is 0 Å². The molecule has 1 saturated heterocycles. The Morgan fingerprint density at radius 3 is 3.11 bits per heavy atom. The third kappa shape index (κ3) is 3.04. The van der Waals surface area contributed by atoms with Crippen LogP contribution in [-0.4, -0.2) is 30.1 Å². The highest BCUT2D eigenvalue weighted by Gasteiger charge is 2.26. The first kappa shape index (κ1) is 13.0. The van der Waals surface area contributed by atoms with Crippen LogP contribution in [0.15, 0.2) is 18.3 Å². The van der Waals surface area contributed by atoms with E-state index in [-0.39, 0.29) is 12.0 Å². The summed E-state index contributed by atoms with van der Waals surface area (Å²) in [5.74, 6) is -0.432. The molecule has 1 N–H and O–H groups in total. The molecule has 1 fully saturated rings. The summed E-state index contributed by atoms with van der Waals surface area (Å²) < 4.78 is 18.2. The van der Waals surface area contributed by atoms with Crippen molar-refractivity contribution in [3.05, 3.63) is 29.8 Å². The van der Waals surface area contributed by atoms with E-state index in [1.807, 2.05) is 0 Å². The summed E-state index contributed by atoms with van der Waals surface area (Å²) in [6.07, 6.45) is 3.41. The van der Waals surface area contributed by atoms with Gasteiger partial charge in [-0.15, -0.1) is 0 Å². The van der Waals surface area contributed by atoms with E-state index >= 15 is 0 Å². The molecule has 0 radical (unpaired) electrons. The fourth-order valence-electron chi connectivity index (χ4n) is 2.21. The van der Waals surface area contributed by atoms with E-state index < -0.39 is 5.95 Å². The molecule has 2 rings (SSSR count). The van der Waals surface area contributed by atoms with Crippen LogP contribution in [-0.2, 0) is 4.74 Å². The van der Waals surface area contributed by atoms with Crippen molar-refractivity contribution in [2.75, 3.05) is 13.2 Å². The Bertz CT molecular complexity index is 408. The van der Waals surface area contributed by atoms with Crippen LogP contribution in [0.2, 0.25) is 0 Å². The average molecular weight is 252 g/mol. The highest BCUT2D eigenvalue weighted by atomic mass is 19.1. The monoisotopic (exact) mass is 252 g/mol. The topological polar surface area (TPSA) is 51.2 Å². The molecule has 18 heavy (non-hydrogen) atoms. The van der Waals surface area contributed by atoms with Gasteiger partial charge in [-0.1, -0.05) is 6.92 Å². The van der Waals surface area contributed by atoms with Crippen LogP contribution in [0.1, 0.15) is 30.1 Å². The first-order valence-corrected chi connectivity index (χ1v) is 6.22. The predicted octanol–water partition coefficient (Wildman–Crippen LogP) is 1.77. The Morgan fingerprint density at radius 2 is 2.44 bits per heavy atom. The number of nitrogens with zero attached hydrogens (tertiary/aromatic N) is 1. The smallest absolute Gasteiger partial charge is 0.252 e. The van der Waals surface area contributed by atoms with E-state index in [9.17, 15) is 9.18 Å². The van der Waals surface area contributed by atoms with E-state index in [1.165, 1.54) is 18.3 Å². The number of hydrogen-bond donors (Lipinski definition) is 1. The molecular formula is C13H17FN2O2. The number of aromatic nitrogens is 1. The van der Waals surface area contributed by atoms with Gasteiger partial charge in [-0.2, -0.15) is 4.39 Å². The molecule has 4 nitrogen and oxygen atoms in total. The van der Waals surface area contributed by atoms with Crippen LogP contribution in [0.3, 0.4) is 0 Å². The molecule has 2 atom stereocenters. The standard InChI is InChI=1S/C13H17FN2O2/c1-2-11-9(5-6-18-11)7-16-13(17)10-3-4-12(14)15-8-10/h3-4,8-9,11H,2,5-7H2,1H3,(H,16,17). The zero-order valence-electron chi connectivity index (χ0n) is 10.4.